The van der Waals surface area contributed by atoms with Gasteiger partial charge in [0.15, 0.2) is 0 Å². The number of benzene rings is 3. The molecule has 3 aromatic carbocycles. The summed E-state index contributed by atoms with van der Waals surface area (Å²) in [4.78, 5) is 49.9. The highest BCUT2D eigenvalue weighted by Gasteiger charge is 2.27. The fraction of sp³-hybridized carbons (Fsp3) is 0.226. The molecule has 1 amide bonds. The van der Waals surface area contributed by atoms with E-state index in [9.17, 15) is 27.6 Å². The molecule has 2 N–H and O–H groups in total. The van der Waals surface area contributed by atoms with Crippen molar-refractivity contribution in [2.24, 2.45) is 7.05 Å². The van der Waals surface area contributed by atoms with Crippen molar-refractivity contribution in [2.75, 3.05) is 11.8 Å². The number of sulfonamides is 1. The first-order valence-corrected chi connectivity index (χ1v) is 15.2. The van der Waals surface area contributed by atoms with Crippen LogP contribution in [-0.4, -0.2) is 42.6 Å². The van der Waals surface area contributed by atoms with Crippen LogP contribution in [0.15, 0.2) is 87.4 Å². The van der Waals surface area contributed by atoms with Crippen LogP contribution in [0.3, 0.4) is 0 Å². The minimum atomic E-state index is -4.19. The molecule has 0 aliphatic carbocycles. The lowest BCUT2D eigenvalue weighted by Crippen LogP contribution is -2.43. The monoisotopic (exact) mass is 640 g/mol. The van der Waals surface area contributed by atoms with Crippen LogP contribution in [0.5, 0.6) is 0 Å². The lowest BCUT2D eigenvalue weighted by molar-refractivity contribution is -0.142. The van der Waals surface area contributed by atoms with E-state index in [4.69, 9.17) is 4.74 Å². The second kappa shape index (κ2) is 13.7. The van der Waals surface area contributed by atoms with E-state index in [1.165, 1.54) is 60.3 Å². The summed E-state index contributed by atoms with van der Waals surface area (Å²) in [6, 6.07) is 13.2. The summed E-state index contributed by atoms with van der Waals surface area (Å²) in [5.41, 5.74) is -0.946. The van der Waals surface area contributed by atoms with E-state index in [1.54, 1.807) is 12.1 Å². The predicted molar refractivity (Wildman–Crippen MR) is 162 cm³/mol. The van der Waals surface area contributed by atoms with Gasteiger partial charge in [-0.15, -0.1) is 0 Å². The van der Waals surface area contributed by atoms with Crippen molar-refractivity contribution >= 4 is 27.6 Å². The van der Waals surface area contributed by atoms with Crippen molar-refractivity contribution in [1.82, 2.24) is 14.5 Å². The number of carbonyl (C=O) groups is 2. The molecule has 4 rings (SSSR count). The molecule has 0 spiro atoms. The Kier molecular flexibility index (Phi) is 9.97. The molecule has 4 aromatic rings. The van der Waals surface area contributed by atoms with E-state index in [0.717, 1.165) is 30.1 Å². The number of aryl methyl sites for hydroxylation is 2. The first-order valence-electron chi connectivity index (χ1n) is 13.7. The van der Waals surface area contributed by atoms with E-state index >= 15 is 8.78 Å². The van der Waals surface area contributed by atoms with Crippen LogP contribution in [0.2, 0.25) is 0 Å². The van der Waals surface area contributed by atoms with Crippen molar-refractivity contribution in [3.63, 3.8) is 0 Å². The Balaban J connectivity index is 1.52. The fourth-order valence-corrected chi connectivity index (χ4v) is 5.61. The maximum absolute atomic E-state index is 15.0. The van der Waals surface area contributed by atoms with Gasteiger partial charge < -0.3 is 14.6 Å². The van der Waals surface area contributed by atoms with Gasteiger partial charge in [-0.3, -0.25) is 14.3 Å². The number of aromatic nitrogens is 2. The largest absolute Gasteiger partial charge is 0.467 e. The molecule has 0 bridgehead atoms. The highest BCUT2D eigenvalue weighted by molar-refractivity contribution is 7.92. The highest BCUT2D eigenvalue weighted by Crippen LogP contribution is 2.23. The van der Waals surface area contributed by atoms with Crippen LogP contribution < -0.4 is 21.3 Å². The third kappa shape index (κ3) is 7.52. The van der Waals surface area contributed by atoms with E-state index in [2.05, 4.69) is 10.0 Å². The fourth-order valence-electron chi connectivity index (χ4n) is 4.57. The van der Waals surface area contributed by atoms with Crippen LogP contribution in [-0.2, 0) is 39.4 Å². The van der Waals surface area contributed by atoms with Crippen LogP contribution in [0.4, 0.5) is 14.5 Å². The molecule has 0 saturated carbocycles. The molecule has 0 aliphatic heterocycles. The van der Waals surface area contributed by atoms with Crippen molar-refractivity contribution in [1.29, 1.82) is 0 Å². The number of amides is 1. The Bertz CT molecular complexity index is 1930. The van der Waals surface area contributed by atoms with E-state index in [-0.39, 0.29) is 17.0 Å². The molecule has 0 fully saturated rings. The van der Waals surface area contributed by atoms with Gasteiger partial charge in [-0.05, 0) is 53.9 Å². The zero-order valence-electron chi connectivity index (χ0n) is 24.5. The summed E-state index contributed by atoms with van der Waals surface area (Å²) in [5, 5.41) is 2.25. The lowest BCUT2D eigenvalue weighted by atomic mass is 10.0. The van der Waals surface area contributed by atoms with Gasteiger partial charge in [-0.2, -0.15) is 0 Å². The Hall–Kier alpha value is -5.11. The molecule has 1 aromatic heterocycles. The number of carbonyl (C=O) groups excluding carboxylic acids is 2. The number of nitrogens with one attached hydrogen (secondary N) is 2. The lowest BCUT2D eigenvalue weighted by Gasteiger charge is -2.18. The molecular formula is C31H30F2N4O7S. The number of halogens is 2. The van der Waals surface area contributed by atoms with E-state index < -0.39 is 62.1 Å². The number of ether oxygens (including phenoxy) is 1. The van der Waals surface area contributed by atoms with Gasteiger partial charge in [0.2, 0.25) is 0 Å². The van der Waals surface area contributed by atoms with Gasteiger partial charge >= 0.3 is 11.7 Å². The van der Waals surface area contributed by atoms with Crippen LogP contribution in [0, 0.1) is 11.6 Å². The second-order valence-electron chi connectivity index (χ2n) is 10.1. The second-order valence-corrected chi connectivity index (χ2v) is 11.8. The molecule has 0 radical (unpaired) electrons. The minimum Gasteiger partial charge on any atom is -0.467 e. The Morgan fingerprint density at radius 1 is 0.933 bits per heavy atom. The molecular weight excluding hydrogens is 610 g/mol. The van der Waals surface area contributed by atoms with Gasteiger partial charge in [0.05, 0.1) is 23.4 Å². The van der Waals surface area contributed by atoms with Gasteiger partial charge in [0, 0.05) is 25.7 Å². The summed E-state index contributed by atoms with van der Waals surface area (Å²) in [6.07, 6.45) is 2.80. The molecule has 236 valence electrons. The maximum Gasteiger partial charge on any atom is 0.335 e. The predicted octanol–water partition coefficient (Wildman–Crippen LogP) is 3.08. The molecule has 0 saturated heterocycles. The number of hydrogen-bond donors (Lipinski definition) is 2. The van der Waals surface area contributed by atoms with Gasteiger partial charge in [-0.25, -0.2) is 31.4 Å². The number of nitrogens with zero attached hydrogens (tertiary/aromatic N) is 2. The van der Waals surface area contributed by atoms with E-state index in [1.807, 2.05) is 6.92 Å². The van der Waals surface area contributed by atoms with Crippen molar-refractivity contribution < 1.29 is 31.5 Å². The molecule has 0 unspecified atom stereocenters. The number of hydrogen-bond acceptors (Lipinski definition) is 7. The average Bonchev–Trinajstić information content (AvgIpc) is 2.99. The summed E-state index contributed by atoms with van der Waals surface area (Å²) >= 11 is 0. The summed E-state index contributed by atoms with van der Waals surface area (Å²) < 4.78 is 64.6. The first-order chi connectivity index (χ1) is 21.3. The number of rotatable bonds is 11. The molecule has 14 heteroatoms. The zero-order valence-corrected chi connectivity index (χ0v) is 25.4. The smallest absolute Gasteiger partial charge is 0.335 e. The van der Waals surface area contributed by atoms with Gasteiger partial charge in [0.1, 0.15) is 23.2 Å². The Labute approximate surface area is 257 Å². The third-order valence-corrected chi connectivity index (χ3v) is 8.27. The molecule has 1 atom stereocenters. The Morgan fingerprint density at radius 3 is 2.11 bits per heavy atom. The summed E-state index contributed by atoms with van der Waals surface area (Å²) in [6.45, 7) is 1.98. The third-order valence-electron chi connectivity index (χ3n) is 6.87. The van der Waals surface area contributed by atoms with Gasteiger partial charge in [0.25, 0.3) is 21.5 Å². The molecule has 45 heavy (non-hydrogen) atoms. The maximum atomic E-state index is 15.0. The van der Waals surface area contributed by atoms with Crippen molar-refractivity contribution in [3.8, 4) is 5.69 Å². The normalized spacial score (nSPS) is 11.9. The highest BCUT2D eigenvalue weighted by atomic mass is 32.2. The molecule has 0 aliphatic rings. The molecule has 1 heterocycles. The SMILES string of the molecule is CCCc1ccc(S(=O)(=O)Nc2cc(F)c(C(=O)N[C@@H](Cc3ccc(-n4c(=O)ccn(C)c4=O)cc3)C(=O)OC)c(F)c2)cc1. The van der Waals surface area contributed by atoms with E-state index in [0.29, 0.717) is 17.7 Å². The first kappa shape index (κ1) is 32.8. The van der Waals surface area contributed by atoms with Gasteiger partial charge in [-0.1, -0.05) is 37.6 Å². The van der Waals surface area contributed by atoms with Crippen molar-refractivity contribution in [2.45, 2.75) is 37.1 Å². The van der Waals surface area contributed by atoms with Crippen molar-refractivity contribution in [3.05, 3.63) is 122 Å². The van der Waals surface area contributed by atoms with Crippen LogP contribution in [0.25, 0.3) is 5.69 Å². The summed E-state index contributed by atoms with van der Waals surface area (Å²) in [5.74, 6) is -4.93. The quantitative estimate of drug-likeness (QED) is 0.240. The number of esters is 1. The van der Waals surface area contributed by atoms with Crippen LogP contribution in [0.1, 0.15) is 34.8 Å². The Morgan fingerprint density at radius 2 is 1.53 bits per heavy atom. The summed E-state index contributed by atoms with van der Waals surface area (Å²) in [7, 11) is -1.63. The zero-order chi connectivity index (χ0) is 32.9. The topological polar surface area (TPSA) is 146 Å². The standard InChI is InChI=1S/C31H30F2N4O7S/c1-4-5-19-8-12-23(13-9-19)45(42,43)35-21-17-24(32)28(25(33)18-21)29(39)34-26(30(40)44-3)16-20-6-10-22(11-7-20)37-27(38)14-15-36(2)31(37)41/h6-15,17-18,26,35H,4-5,16H2,1-3H3,(H,34,39)/t26-/m0/s1. The number of anilines is 1. The van der Waals surface area contributed by atoms with Crippen LogP contribution >= 0.6 is 0 Å². The minimum absolute atomic E-state index is 0.114. The number of methoxy groups -OCH3 is 1. The molecule has 11 nitrogen and oxygen atoms in total. The average molecular weight is 641 g/mol.